The Kier molecular flexibility index (Phi) is 6.47. The summed E-state index contributed by atoms with van der Waals surface area (Å²) in [6.45, 7) is 2.88. The monoisotopic (exact) mass is 303 g/mol. The van der Waals surface area contributed by atoms with E-state index < -0.39 is 10.0 Å². The van der Waals surface area contributed by atoms with Gasteiger partial charge in [-0.15, -0.1) is 0 Å². The van der Waals surface area contributed by atoms with E-state index in [1.807, 2.05) is 0 Å². The molecule has 19 heavy (non-hydrogen) atoms. The molecular formula is C12H21N3O2S2. The van der Waals surface area contributed by atoms with E-state index in [1.165, 1.54) is 6.07 Å². The Morgan fingerprint density at radius 3 is 2.74 bits per heavy atom. The molecule has 0 heterocycles. The molecule has 5 nitrogen and oxygen atoms in total. The summed E-state index contributed by atoms with van der Waals surface area (Å²) in [4.78, 5) is 0.232. The van der Waals surface area contributed by atoms with Crippen molar-refractivity contribution in [2.24, 2.45) is 0 Å². The Bertz CT molecular complexity index is 504. The maximum absolute atomic E-state index is 11.9. The summed E-state index contributed by atoms with van der Waals surface area (Å²) in [5.41, 5.74) is 7.06. The molecule has 0 saturated heterocycles. The molecule has 0 unspecified atom stereocenters. The zero-order valence-electron chi connectivity index (χ0n) is 11.3. The minimum Gasteiger partial charge on any atom is -0.397 e. The van der Waals surface area contributed by atoms with E-state index in [-0.39, 0.29) is 4.90 Å². The molecule has 0 aliphatic rings. The molecule has 1 aromatic carbocycles. The van der Waals surface area contributed by atoms with Crippen LogP contribution in [0.25, 0.3) is 0 Å². The molecule has 108 valence electrons. The molecule has 7 heteroatoms. The maximum atomic E-state index is 11.9. The third-order valence-electron chi connectivity index (χ3n) is 2.51. The van der Waals surface area contributed by atoms with Crippen molar-refractivity contribution < 1.29 is 8.42 Å². The van der Waals surface area contributed by atoms with Crippen LogP contribution in [0.15, 0.2) is 23.1 Å². The lowest BCUT2D eigenvalue weighted by atomic mass is 10.2. The fourth-order valence-electron chi connectivity index (χ4n) is 1.57. The SMILES string of the molecule is CCNS(=O)(=O)c1ccc(N)c(NCCCSC)c1. The molecule has 4 N–H and O–H groups in total. The molecule has 0 aliphatic carbocycles. The molecule has 0 fully saturated rings. The van der Waals surface area contributed by atoms with E-state index in [0.717, 1.165) is 18.7 Å². The zero-order valence-corrected chi connectivity index (χ0v) is 12.9. The first-order valence-electron chi connectivity index (χ1n) is 6.13. The molecule has 0 aliphatic heterocycles. The topological polar surface area (TPSA) is 84.2 Å². The summed E-state index contributed by atoms with van der Waals surface area (Å²) in [5.74, 6) is 1.06. The summed E-state index contributed by atoms with van der Waals surface area (Å²) in [6, 6.07) is 4.70. The van der Waals surface area contributed by atoms with Crippen LogP contribution < -0.4 is 15.8 Å². The van der Waals surface area contributed by atoms with Gasteiger partial charge in [0.05, 0.1) is 16.3 Å². The van der Waals surface area contributed by atoms with Gasteiger partial charge < -0.3 is 11.1 Å². The second kappa shape index (κ2) is 7.62. The van der Waals surface area contributed by atoms with Crippen LogP contribution in [-0.4, -0.2) is 33.5 Å². The fourth-order valence-corrected chi connectivity index (χ4v) is 3.07. The molecule has 0 bridgehead atoms. The largest absolute Gasteiger partial charge is 0.397 e. The minimum atomic E-state index is -3.43. The van der Waals surface area contributed by atoms with Gasteiger partial charge in [0.25, 0.3) is 0 Å². The second-order valence-electron chi connectivity index (χ2n) is 4.02. The Morgan fingerprint density at radius 2 is 2.11 bits per heavy atom. The molecular weight excluding hydrogens is 282 g/mol. The van der Waals surface area contributed by atoms with Crippen molar-refractivity contribution in [3.05, 3.63) is 18.2 Å². The van der Waals surface area contributed by atoms with Gasteiger partial charge in [-0.25, -0.2) is 13.1 Å². The van der Waals surface area contributed by atoms with Crippen LogP contribution in [-0.2, 0) is 10.0 Å². The summed E-state index contributed by atoms with van der Waals surface area (Å²) in [5, 5.41) is 3.17. The van der Waals surface area contributed by atoms with Crippen molar-refractivity contribution in [2.75, 3.05) is 36.1 Å². The van der Waals surface area contributed by atoms with Crippen molar-refractivity contribution in [2.45, 2.75) is 18.2 Å². The maximum Gasteiger partial charge on any atom is 0.240 e. The Hall–Kier alpha value is -0.920. The quantitative estimate of drug-likeness (QED) is 0.503. The van der Waals surface area contributed by atoms with Gasteiger partial charge in [0, 0.05) is 13.1 Å². The zero-order chi connectivity index (χ0) is 14.3. The summed E-state index contributed by atoms with van der Waals surface area (Å²) in [7, 11) is -3.43. The summed E-state index contributed by atoms with van der Waals surface area (Å²) < 4.78 is 26.2. The molecule has 0 aromatic heterocycles. The van der Waals surface area contributed by atoms with Crippen LogP contribution >= 0.6 is 11.8 Å². The van der Waals surface area contributed by atoms with E-state index in [9.17, 15) is 8.42 Å². The van der Waals surface area contributed by atoms with Crippen molar-refractivity contribution in [1.82, 2.24) is 4.72 Å². The highest BCUT2D eigenvalue weighted by molar-refractivity contribution is 7.98. The van der Waals surface area contributed by atoms with Crippen molar-refractivity contribution >= 4 is 33.2 Å². The lowest BCUT2D eigenvalue weighted by Crippen LogP contribution is -2.23. The van der Waals surface area contributed by atoms with E-state index in [2.05, 4.69) is 16.3 Å². The van der Waals surface area contributed by atoms with Crippen LogP contribution in [0.2, 0.25) is 0 Å². The van der Waals surface area contributed by atoms with Gasteiger partial charge in [-0.1, -0.05) is 6.92 Å². The molecule has 0 saturated carbocycles. The van der Waals surface area contributed by atoms with Crippen molar-refractivity contribution in [3.63, 3.8) is 0 Å². The standard InChI is InChI=1S/C12H21N3O2S2/c1-3-15-19(16,17)10-5-6-11(13)12(9-10)14-7-4-8-18-2/h5-6,9,14-15H,3-4,7-8,13H2,1-2H3. The van der Waals surface area contributed by atoms with Gasteiger partial charge in [0.2, 0.25) is 10.0 Å². The van der Waals surface area contributed by atoms with Crippen molar-refractivity contribution in [3.8, 4) is 0 Å². The summed E-state index contributed by atoms with van der Waals surface area (Å²) >= 11 is 1.78. The normalized spacial score (nSPS) is 11.5. The molecule has 1 rings (SSSR count). The second-order valence-corrected chi connectivity index (χ2v) is 6.78. The molecule has 1 aromatic rings. The Morgan fingerprint density at radius 1 is 1.37 bits per heavy atom. The van der Waals surface area contributed by atoms with Crippen LogP contribution in [0.5, 0.6) is 0 Å². The minimum absolute atomic E-state index is 0.232. The molecule has 0 spiro atoms. The Labute approximate surface area is 119 Å². The Balaban J connectivity index is 2.82. The van der Waals surface area contributed by atoms with Crippen LogP contribution in [0.3, 0.4) is 0 Å². The number of thioether (sulfide) groups is 1. The number of anilines is 2. The third-order valence-corrected chi connectivity index (χ3v) is 4.75. The number of nitrogens with one attached hydrogen (secondary N) is 2. The third kappa shape index (κ3) is 4.93. The highest BCUT2D eigenvalue weighted by atomic mass is 32.2. The first-order chi connectivity index (χ1) is 9.01. The average Bonchev–Trinajstić information content (AvgIpc) is 2.36. The highest BCUT2D eigenvalue weighted by Crippen LogP contribution is 2.22. The van der Waals surface area contributed by atoms with Crippen molar-refractivity contribution in [1.29, 1.82) is 0 Å². The predicted molar refractivity (Wildman–Crippen MR) is 83.2 cm³/mol. The van der Waals surface area contributed by atoms with Gasteiger partial charge in [-0.05, 0) is 36.6 Å². The summed E-state index contributed by atoms with van der Waals surface area (Å²) in [6.07, 6.45) is 3.06. The molecule has 0 amide bonds. The van der Waals surface area contributed by atoms with E-state index in [0.29, 0.717) is 17.9 Å². The average molecular weight is 303 g/mol. The highest BCUT2D eigenvalue weighted by Gasteiger charge is 2.14. The number of nitrogens with two attached hydrogens (primary N) is 1. The van der Waals surface area contributed by atoms with E-state index in [4.69, 9.17) is 5.73 Å². The van der Waals surface area contributed by atoms with Crippen LogP contribution in [0, 0.1) is 0 Å². The van der Waals surface area contributed by atoms with Gasteiger partial charge in [-0.3, -0.25) is 0 Å². The lowest BCUT2D eigenvalue weighted by Gasteiger charge is -2.11. The fraction of sp³-hybridized carbons (Fsp3) is 0.500. The van der Waals surface area contributed by atoms with E-state index >= 15 is 0 Å². The molecule has 0 atom stereocenters. The van der Waals surface area contributed by atoms with Gasteiger partial charge >= 0.3 is 0 Å². The van der Waals surface area contributed by atoms with Gasteiger partial charge in [-0.2, -0.15) is 11.8 Å². The number of benzene rings is 1. The number of nitrogen functional groups attached to an aromatic ring is 1. The first-order valence-corrected chi connectivity index (χ1v) is 9.01. The van der Waals surface area contributed by atoms with Crippen LogP contribution in [0.1, 0.15) is 13.3 Å². The van der Waals surface area contributed by atoms with Crippen LogP contribution in [0.4, 0.5) is 11.4 Å². The smallest absolute Gasteiger partial charge is 0.240 e. The van der Waals surface area contributed by atoms with Gasteiger partial charge in [0.15, 0.2) is 0 Å². The van der Waals surface area contributed by atoms with E-state index in [1.54, 1.807) is 30.8 Å². The number of rotatable bonds is 8. The first kappa shape index (κ1) is 16.1. The number of hydrogen-bond donors (Lipinski definition) is 3. The molecule has 0 radical (unpaired) electrons. The lowest BCUT2D eigenvalue weighted by molar-refractivity contribution is 0.584. The number of hydrogen-bond acceptors (Lipinski definition) is 5. The predicted octanol–water partition coefficient (Wildman–Crippen LogP) is 1.73. The van der Waals surface area contributed by atoms with Gasteiger partial charge in [0.1, 0.15) is 0 Å². The number of sulfonamides is 1.